The van der Waals surface area contributed by atoms with Crippen LogP contribution in [-0.4, -0.2) is 0 Å². The van der Waals surface area contributed by atoms with Gasteiger partial charge in [0.1, 0.15) is 35.6 Å². The maximum atomic E-state index is 14.5. The summed E-state index contributed by atoms with van der Waals surface area (Å²) in [5.41, 5.74) is 0.458. The lowest BCUT2D eigenvalue weighted by atomic mass is 9.77. The fraction of sp³-hybridized carbons (Fsp3) is 0.500. The van der Waals surface area contributed by atoms with Crippen molar-refractivity contribution < 1.29 is 22.3 Å². The summed E-state index contributed by atoms with van der Waals surface area (Å²) < 4.78 is 60.7. The van der Waals surface area contributed by atoms with Gasteiger partial charge in [-0.2, -0.15) is 0 Å². The summed E-state index contributed by atoms with van der Waals surface area (Å²) in [6, 6.07) is 5.44. The average molecular weight is 408 g/mol. The molecule has 5 heteroatoms. The van der Waals surface area contributed by atoms with Gasteiger partial charge in [0.05, 0.1) is 5.56 Å². The summed E-state index contributed by atoms with van der Waals surface area (Å²) in [5.74, 6) is -2.17. The second-order valence-corrected chi connectivity index (χ2v) is 8.07. The van der Waals surface area contributed by atoms with Crippen LogP contribution in [0.3, 0.4) is 0 Å². The van der Waals surface area contributed by atoms with Gasteiger partial charge in [-0.25, -0.2) is 17.6 Å². The first kappa shape index (κ1) is 21.7. The highest BCUT2D eigenvalue weighted by molar-refractivity contribution is 5.30. The van der Waals surface area contributed by atoms with Gasteiger partial charge in [0.15, 0.2) is 0 Å². The summed E-state index contributed by atoms with van der Waals surface area (Å²) in [7, 11) is 0. The van der Waals surface area contributed by atoms with E-state index in [0.717, 1.165) is 43.7 Å². The van der Waals surface area contributed by atoms with E-state index in [1.54, 1.807) is 0 Å². The zero-order chi connectivity index (χ0) is 20.8. The minimum Gasteiger partial charge on any atom is -0.488 e. The molecular weight excluding hydrogens is 380 g/mol. The Morgan fingerprint density at radius 3 is 2.03 bits per heavy atom. The lowest BCUT2D eigenvalue weighted by Gasteiger charge is -2.29. The third-order valence-electron chi connectivity index (χ3n) is 5.92. The Balaban J connectivity index is 1.61. The Labute approximate surface area is 170 Å². The van der Waals surface area contributed by atoms with Crippen LogP contribution < -0.4 is 4.74 Å². The number of rotatable bonds is 8. The topological polar surface area (TPSA) is 9.23 Å². The molecule has 1 saturated carbocycles. The maximum Gasteiger partial charge on any atom is 0.133 e. The van der Waals surface area contributed by atoms with Crippen molar-refractivity contribution in [2.75, 3.05) is 0 Å². The molecule has 0 spiro atoms. The number of hydrogen-bond acceptors (Lipinski definition) is 1. The van der Waals surface area contributed by atoms with E-state index in [0.29, 0.717) is 11.6 Å². The summed E-state index contributed by atoms with van der Waals surface area (Å²) in [6.07, 6.45) is 9.11. The smallest absolute Gasteiger partial charge is 0.133 e. The highest BCUT2D eigenvalue weighted by Gasteiger charge is 2.24. The van der Waals surface area contributed by atoms with Crippen molar-refractivity contribution in [2.24, 2.45) is 5.92 Å². The molecular formula is C24H28F4O. The molecule has 0 heterocycles. The Morgan fingerprint density at radius 1 is 0.828 bits per heavy atom. The molecule has 0 N–H and O–H groups in total. The molecule has 2 aromatic carbocycles. The molecule has 0 unspecified atom stereocenters. The lowest BCUT2D eigenvalue weighted by molar-refractivity contribution is 0.287. The third kappa shape index (κ3) is 5.97. The molecule has 1 fully saturated rings. The first-order valence-electron chi connectivity index (χ1n) is 10.5. The minimum atomic E-state index is -0.804. The second-order valence-electron chi connectivity index (χ2n) is 8.07. The molecule has 1 aliphatic rings. The Kier molecular flexibility index (Phi) is 7.57. The molecule has 1 aliphatic carbocycles. The predicted molar refractivity (Wildman–Crippen MR) is 106 cm³/mol. The van der Waals surface area contributed by atoms with Gasteiger partial charge >= 0.3 is 0 Å². The average Bonchev–Trinajstić information content (AvgIpc) is 2.67. The second kappa shape index (κ2) is 10.1. The van der Waals surface area contributed by atoms with Crippen molar-refractivity contribution in [1.82, 2.24) is 0 Å². The first-order valence-corrected chi connectivity index (χ1v) is 10.5. The first-order chi connectivity index (χ1) is 14.0. The van der Waals surface area contributed by atoms with Crippen LogP contribution >= 0.6 is 0 Å². The Hall–Kier alpha value is -2.04. The van der Waals surface area contributed by atoms with Gasteiger partial charge in [0.25, 0.3) is 0 Å². The van der Waals surface area contributed by atoms with Gasteiger partial charge in [-0.3, -0.25) is 0 Å². The summed E-state index contributed by atoms with van der Waals surface area (Å²) in [4.78, 5) is 0. The summed E-state index contributed by atoms with van der Waals surface area (Å²) in [5, 5.41) is 0. The largest absolute Gasteiger partial charge is 0.488 e. The van der Waals surface area contributed by atoms with E-state index < -0.39 is 29.9 Å². The maximum absolute atomic E-state index is 14.5. The predicted octanol–water partition coefficient (Wildman–Crippen LogP) is 7.68. The summed E-state index contributed by atoms with van der Waals surface area (Å²) >= 11 is 0. The molecule has 29 heavy (non-hydrogen) atoms. The van der Waals surface area contributed by atoms with Crippen molar-refractivity contribution in [1.29, 1.82) is 0 Å². The normalized spacial score (nSPS) is 19.3. The lowest BCUT2D eigenvalue weighted by Crippen LogP contribution is -2.14. The van der Waals surface area contributed by atoms with Gasteiger partial charge in [-0.05, 0) is 55.2 Å². The molecule has 3 rings (SSSR count). The molecule has 0 aliphatic heterocycles. The fourth-order valence-electron chi connectivity index (χ4n) is 4.23. The van der Waals surface area contributed by atoms with Crippen LogP contribution in [0.4, 0.5) is 17.6 Å². The van der Waals surface area contributed by atoms with Crippen LogP contribution in [0.25, 0.3) is 0 Å². The highest BCUT2D eigenvalue weighted by Crippen LogP contribution is 2.38. The number of benzene rings is 2. The van der Waals surface area contributed by atoms with Crippen molar-refractivity contribution >= 4 is 0 Å². The quantitative estimate of drug-likeness (QED) is 0.321. The molecule has 0 saturated heterocycles. The molecule has 1 nitrogen and oxygen atoms in total. The molecule has 0 aromatic heterocycles. The van der Waals surface area contributed by atoms with Crippen LogP contribution in [0.5, 0.6) is 5.75 Å². The highest BCUT2D eigenvalue weighted by atomic mass is 19.1. The van der Waals surface area contributed by atoms with Crippen molar-refractivity contribution in [3.05, 3.63) is 64.7 Å². The standard InChI is InChI=1S/C24H28F4O/c1-2-3-4-5-16-6-8-17(9-7-16)18-10-23(27)22(24(28)11-18)15-29-21-13-19(25)12-20(26)14-21/h10-14,16-17H,2-9,15H2,1H3/t16-,17-. The number of halogens is 4. The van der Waals surface area contributed by atoms with E-state index in [9.17, 15) is 17.6 Å². The third-order valence-corrected chi connectivity index (χ3v) is 5.92. The molecule has 158 valence electrons. The van der Waals surface area contributed by atoms with Crippen molar-refractivity contribution in [2.45, 2.75) is 70.8 Å². The SMILES string of the molecule is CCCCC[C@H]1CC[C@H](c2cc(F)c(COc3cc(F)cc(F)c3)c(F)c2)CC1. The monoisotopic (exact) mass is 408 g/mol. The molecule has 0 atom stereocenters. The van der Waals surface area contributed by atoms with Crippen LogP contribution in [-0.2, 0) is 6.61 Å². The fourth-order valence-corrected chi connectivity index (χ4v) is 4.23. The van der Waals surface area contributed by atoms with E-state index in [2.05, 4.69) is 6.92 Å². The van der Waals surface area contributed by atoms with Crippen LogP contribution in [0.15, 0.2) is 30.3 Å². The molecule has 0 bridgehead atoms. The van der Waals surface area contributed by atoms with E-state index in [1.165, 1.54) is 37.8 Å². The van der Waals surface area contributed by atoms with Gasteiger partial charge in [0, 0.05) is 18.2 Å². The molecule has 0 amide bonds. The number of ether oxygens (including phenoxy) is 1. The number of unbranched alkanes of at least 4 members (excludes halogenated alkanes) is 2. The van der Waals surface area contributed by atoms with Gasteiger partial charge < -0.3 is 4.74 Å². The van der Waals surface area contributed by atoms with Crippen LogP contribution in [0.2, 0.25) is 0 Å². The minimum absolute atomic E-state index is 0.105. The van der Waals surface area contributed by atoms with E-state index in [-0.39, 0.29) is 17.2 Å². The Bertz CT molecular complexity index is 769. The van der Waals surface area contributed by atoms with Gasteiger partial charge in [-0.1, -0.05) is 32.6 Å². The summed E-state index contributed by atoms with van der Waals surface area (Å²) in [6.45, 7) is 1.77. The van der Waals surface area contributed by atoms with Crippen molar-refractivity contribution in [3.8, 4) is 5.75 Å². The van der Waals surface area contributed by atoms with Gasteiger partial charge in [-0.15, -0.1) is 0 Å². The van der Waals surface area contributed by atoms with Crippen LogP contribution in [0.1, 0.15) is 75.3 Å². The Morgan fingerprint density at radius 2 is 1.45 bits per heavy atom. The van der Waals surface area contributed by atoms with E-state index in [1.807, 2.05) is 0 Å². The zero-order valence-electron chi connectivity index (χ0n) is 16.8. The molecule has 0 radical (unpaired) electrons. The molecule has 2 aromatic rings. The number of hydrogen-bond donors (Lipinski definition) is 0. The van der Waals surface area contributed by atoms with E-state index >= 15 is 0 Å². The van der Waals surface area contributed by atoms with Crippen molar-refractivity contribution in [3.63, 3.8) is 0 Å². The zero-order valence-corrected chi connectivity index (χ0v) is 16.8. The van der Waals surface area contributed by atoms with E-state index in [4.69, 9.17) is 4.74 Å². The van der Waals surface area contributed by atoms with Gasteiger partial charge in [0.2, 0.25) is 0 Å². The van der Waals surface area contributed by atoms with Crippen LogP contribution in [0, 0.1) is 29.2 Å².